The number of amides is 1. The van der Waals surface area contributed by atoms with Crippen molar-refractivity contribution < 1.29 is 9.18 Å². The second-order valence-electron chi connectivity index (χ2n) is 3.62. The molecule has 0 radical (unpaired) electrons. The van der Waals surface area contributed by atoms with E-state index in [1.165, 1.54) is 23.5 Å². The van der Waals surface area contributed by atoms with Crippen molar-refractivity contribution in [3.63, 3.8) is 0 Å². The number of halogens is 2. The van der Waals surface area contributed by atoms with Crippen LogP contribution in [0.3, 0.4) is 0 Å². The third-order valence-corrected chi connectivity index (χ3v) is 3.94. The fraction of sp³-hybridized carbons (Fsp3) is 0.0833. The summed E-state index contributed by atoms with van der Waals surface area (Å²) in [6.07, 6.45) is 0. The van der Waals surface area contributed by atoms with Gasteiger partial charge >= 0.3 is 0 Å². The molecule has 0 saturated carbocycles. The van der Waals surface area contributed by atoms with E-state index in [1.807, 2.05) is 12.1 Å². The Bertz CT molecular complexity index is 585. The first-order chi connectivity index (χ1) is 8.56. The van der Waals surface area contributed by atoms with Gasteiger partial charge in [-0.05, 0) is 46.3 Å². The molecule has 3 nitrogen and oxygen atoms in total. The molecular weight excluding hydrogens is 319 g/mol. The van der Waals surface area contributed by atoms with Gasteiger partial charge in [0.15, 0.2) is 0 Å². The first kappa shape index (κ1) is 13.0. The number of nitrogens with two attached hydrogens (primary N) is 1. The molecule has 2 aromatic rings. The molecular formula is C12H10BrFN2OS. The van der Waals surface area contributed by atoms with Crippen LogP contribution in [-0.4, -0.2) is 5.91 Å². The number of hydrogen-bond acceptors (Lipinski definition) is 3. The molecule has 94 valence electrons. The largest absolute Gasteiger partial charge is 0.398 e. The minimum atomic E-state index is -0.479. The highest BCUT2D eigenvalue weighted by atomic mass is 79.9. The van der Waals surface area contributed by atoms with Crippen LogP contribution in [0.4, 0.5) is 10.1 Å². The minimum absolute atomic E-state index is 0.158. The molecule has 18 heavy (non-hydrogen) atoms. The fourth-order valence-electron chi connectivity index (χ4n) is 1.43. The van der Waals surface area contributed by atoms with Gasteiger partial charge in [0.25, 0.3) is 5.91 Å². The average Bonchev–Trinajstić information content (AvgIpc) is 2.75. The van der Waals surface area contributed by atoms with Gasteiger partial charge in [-0.1, -0.05) is 0 Å². The number of nitrogens with one attached hydrogen (secondary N) is 1. The summed E-state index contributed by atoms with van der Waals surface area (Å²) < 4.78 is 14.0. The number of nitrogen functional groups attached to an aromatic ring is 1. The van der Waals surface area contributed by atoms with E-state index < -0.39 is 5.82 Å². The van der Waals surface area contributed by atoms with Crippen LogP contribution in [-0.2, 0) is 6.54 Å². The summed E-state index contributed by atoms with van der Waals surface area (Å²) in [5.41, 5.74) is 6.05. The van der Waals surface area contributed by atoms with Crippen LogP contribution in [0, 0.1) is 5.82 Å². The molecule has 1 heterocycles. The summed E-state index contributed by atoms with van der Waals surface area (Å²) in [5, 5.41) is 2.70. The van der Waals surface area contributed by atoms with Gasteiger partial charge in [0, 0.05) is 10.6 Å². The molecule has 0 bridgehead atoms. The number of anilines is 1. The lowest BCUT2D eigenvalue weighted by Gasteiger charge is -2.06. The van der Waals surface area contributed by atoms with Gasteiger partial charge in [0.2, 0.25) is 0 Å². The summed E-state index contributed by atoms with van der Waals surface area (Å²) in [4.78, 5) is 12.8. The first-order valence-corrected chi connectivity index (χ1v) is 6.74. The molecule has 0 fully saturated rings. The monoisotopic (exact) mass is 328 g/mol. The lowest BCUT2D eigenvalue weighted by Crippen LogP contribution is -2.23. The van der Waals surface area contributed by atoms with Crippen LogP contribution >= 0.6 is 27.3 Å². The van der Waals surface area contributed by atoms with E-state index in [9.17, 15) is 9.18 Å². The Labute approximate surface area is 116 Å². The summed E-state index contributed by atoms with van der Waals surface area (Å²) >= 11 is 4.87. The zero-order chi connectivity index (χ0) is 13.1. The van der Waals surface area contributed by atoms with E-state index in [4.69, 9.17) is 5.73 Å². The summed E-state index contributed by atoms with van der Waals surface area (Å²) in [6.45, 7) is 0.394. The zero-order valence-electron chi connectivity index (χ0n) is 9.24. The predicted octanol–water partition coefficient (Wildman–Crippen LogP) is 3.16. The number of carbonyl (C=O) groups excluding carboxylic acids is 1. The molecule has 6 heteroatoms. The SMILES string of the molecule is Nc1ccc(F)cc1C(=O)NCc1ccc(Br)s1. The average molecular weight is 329 g/mol. The minimum Gasteiger partial charge on any atom is -0.398 e. The number of carbonyl (C=O) groups is 1. The third kappa shape index (κ3) is 3.08. The third-order valence-electron chi connectivity index (χ3n) is 2.31. The molecule has 0 aliphatic rings. The second kappa shape index (κ2) is 5.49. The normalized spacial score (nSPS) is 10.3. The Hall–Kier alpha value is -1.40. The van der Waals surface area contributed by atoms with Gasteiger partial charge in [-0.15, -0.1) is 11.3 Å². The Morgan fingerprint density at radius 3 is 2.83 bits per heavy atom. The Balaban J connectivity index is 2.05. The first-order valence-electron chi connectivity index (χ1n) is 5.13. The van der Waals surface area contributed by atoms with Crippen LogP contribution in [0.2, 0.25) is 0 Å². The molecule has 1 aromatic carbocycles. The number of rotatable bonds is 3. The molecule has 1 aromatic heterocycles. The van der Waals surface area contributed by atoms with E-state index in [1.54, 1.807) is 0 Å². The van der Waals surface area contributed by atoms with Gasteiger partial charge in [0.05, 0.1) is 15.9 Å². The van der Waals surface area contributed by atoms with Gasteiger partial charge in [-0.25, -0.2) is 4.39 Å². The summed E-state index contributed by atoms with van der Waals surface area (Å²) in [6, 6.07) is 7.55. The van der Waals surface area contributed by atoms with E-state index in [0.29, 0.717) is 6.54 Å². The van der Waals surface area contributed by atoms with Crippen molar-refractivity contribution in [3.8, 4) is 0 Å². The maximum absolute atomic E-state index is 13.0. The van der Waals surface area contributed by atoms with Gasteiger partial charge < -0.3 is 11.1 Å². The van der Waals surface area contributed by atoms with Gasteiger partial charge in [-0.2, -0.15) is 0 Å². The van der Waals surface area contributed by atoms with Crippen LogP contribution in [0.15, 0.2) is 34.1 Å². The predicted molar refractivity (Wildman–Crippen MR) is 74.0 cm³/mol. The molecule has 0 aliphatic heterocycles. The van der Waals surface area contributed by atoms with Crippen LogP contribution < -0.4 is 11.1 Å². The fourth-order valence-corrected chi connectivity index (χ4v) is 2.86. The van der Waals surface area contributed by atoms with Crippen molar-refractivity contribution in [2.75, 3.05) is 5.73 Å². The Kier molecular flexibility index (Phi) is 3.98. The van der Waals surface area contributed by atoms with Crippen LogP contribution in [0.5, 0.6) is 0 Å². The Morgan fingerprint density at radius 1 is 1.39 bits per heavy atom. The lowest BCUT2D eigenvalue weighted by molar-refractivity contribution is 0.0952. The molecule has 0 saturated heterocycles. The molecule has 0 atom stereocenters. The maximum Gasteiger partial charge on any atom is 0.253 e. The molecule has 0 unspecified atom stereocenters. The lowest BCUT2D eigenvalue weighted by atomic mass is 10.1. The quantitative estimate of drug-likeness (QED) is 0.850. The van der Waals surface area contributed by atoms with Crippen molar-refractivity contribution in [2.24, 2.45) is 0 Å². The number of thiophene rings is 1. The van der Waals surface area contributed by atoms with E-state index >= 15 is 0 Å². The van der Waals surface area contributed by atoms with Crippen molar-refractivity contribution in [1.82, 2.24) is 5.32 Å². The molecule has 1 amide bonds. The van der Waals surface area contributed by atoms with Crippen molar-refractivity contribution >= 4 is 38.9 Å². The highest BCUT2D eigenvalue weighted by Gasteiger charge is 2.10. The van der Waals surface area contributed by atoms with Gasteiger partial charge in [-0.3, -0.25) is 4.79 Å². The molecule has 3 N–H and O–H groups in total. The van der Waals surface area contributed by atoms with E-state index in [2.05, 4.69) is 21.2 Å². The number of hydrogen-bond donors (Lipinski definition) is 2. The molecule has 0 spiro atoms. The standard InChI is InChI=1S/C12H10BrFN2OS/c13-11-4-2-8(18-11)6-16-12(17)9-5-7(14)1-3-10(9)15/h1-5H,6,15H2,(H,16,17). The van der Waals surface area contributed by atoms with E-state index in [0.717, 1.165) is 14.7 Å². The van der Waals surface area contributed by atoms with Crippen molar-refractivity contribution in [2.45, 2.75) is 6.54 Å². The van der Waals surface area contributed by atoms with Crippen LogP contribution in [0.25, 0.3) is 0 Å². The highest BCUT2D eigenvalue weighted by molar-refractivity contribution is 9.11. The summed E-state index contributed by atoms with van der Waals surface area (Å²) in [5.74, 6) is -0.857. The smallest absolute Gasteiger partial charge is 0.253 e. The van der Waals surface area contributed by atoms with Gasteiger partial charge in [0.1, 0.15) is 5.82 Å². The van der Waals surface area contributed by atoms with Crippen LogP contribution in [0.1, 0.15) is 15.2 Å². The van der Waals surface area contributed by atoms with E-state index in [-0.39, 0.29) is 17.2 Å². The summed E-state index contributed by atoms with van der Waals surface area (Å²) in [7, 11) is 0. The Morgan fingerprint density at radius 2 is 2.17 bits per heavy atom. The molecule has 0 aliphatic carbocycles. The highest BCUT2D eigenvalue weighted by Crippen LogP contribution is 2.22. The zero-order valence-corrected chi connectivity index (χ0v) is 11.6. The van der Waals surface area contributed by atoms with Crippen molar-refractivity contribution in [1.29, 1.82) is 0 Å². The second-order valence-corrected chi connectivity index (χ2v) is 6.17. The number of benzene rings is 1. The molecule has 2 rings (SSSR count). The van der Waals surface area contributed by atoms with Crippen molar-refractivity contribution in [3.05, 3.63) is 50.4 Å². The topological polar surface area (TPSA) is 55.1 Å². The maximum atomic E-state index is 13.0.